The third kappa shape index (κ3) is 1.89. The van der Waals surface area contributed by atoms with Gasteiger partial charge in [-0.1, -0.05) is 23.7 Å². The minimum Gasteiger partial charge on any atom is -0.443 e. The molecule has 0 saturated heterocycles. The molecule has 0 fully saturated rings. The van der Waals surface area contributed by atoms with Crippen molar-refractivity contribution in [3.05, 3.63) is 40.9 Å². The molecule has 3 nitrogen and oxygen atoms in total. The molecule has 78 valence electrons. The van der Waals surface area contributed by atoms with Crippen LogP contribution in [0.4, 0.5) is 0 Å². The van der Waals surface area contributed by atoms with Gasteiger partial charge in [0.15, 0.2) is 12.2 Å². The van der Waals surface area contributed by atoms with Crippen molar-refractivity contribution in [2.45, 2.75) is 13.5 Å². The van der Waals surface area contributed by atoms with E-state index in [0.29, 0.717) is 17.3 Å². The fraction of sp³-hybridized carbons (Fsp3) is 0.182. The molecule has 0 aliphatic carbocycles. The number of hydrogen-bond donors (Lipinski definition) is 1. The quantitative estimate of drug-likeness (QED) is 0.850. The lowest BCUT2D eigenvalue weighted by molar-refractivity contribution is 0.571. The van der Waals surface area contributed by atoms with E-state index in [1.165, 1.54) is 6.39 Å². The Hall–Kier alpha value is -1.32. The maximum absolute atomic E-state index is 6.03. The molecule has 1 aromatic heterocycles. The van der Waals surface area contributed by atoms with E-state index in [1.54, 1.807) is 0 Å². The number of hydrogen-bond acceptors (Lipinski definition) is 3. The third-order valence-corrected chi connectivity index (χ3v) is 2.68. The SMILES string of the molecule is Cc1ccc(-c2ocnc2CN)cc1Cl. The molecule has 0 aliphatic heterocycles. The van der Waals surface area contributed by atoms with Crippen molar-refractivity contribution in [2.75, 3.05) is 0 Å². The van der Waals surface area contributed by atoms with Gasteiger partial charge < -0.3 is 10.2 Å². The first-order valence-corrected chi connectivity index (χ1v) is 4.99. The summed E-state index contributed by atoms with van der Waals surface area (Å²) < 4.78 is 5.29. The van der Waals surface area contributed by atoms with Crippen LogP contribution >= 0.6 is 11.6 Å². The average Bonchev–Trinajstić information content (AvgIpc) is 2.70. The third-order valence-electron chi connectivity index (χ3n) is 2.27. The van der Waals surface area contributed by atoms with Crippen LogP contribution in [0.2, 0.25) is 5.02 Å². The van der Waals surface area contributed by atoms with Crippen molar-refractivity contribution >= 4 is 11.6 Å². The highest BCUT2D eigenvalue weighted by Crippen LogP contribution is 2.27. The first-order valence-electron chi connectivity index (χ1n) is 4.61. The second kappa shape index (κ2) is 4.04. The predicted molar refractivity (Wildman–Crippen MR) is 59.6 cm³/mol. The van der Waals surface area contributed by atoms with Gasteiger partial charge in [0.05, 0.1) is 0 Å². The first kappa shape index (κ1) is 10.2. The fourth-order valence-electron chi connectivity index (χ4n) is 1.38. The second-order valence-electron chi connectivity index (χ2n) is 3.30. The van der Waals surface area contributed by atoms with Crippen molar-refractivity contribution in [1.82, 2.24) is 4.98 Å². The molecule has 2 rings (SSSR count). The molecule has 1 aromatic carbocycles. The molecule has 0 unspecified atom stereocenters. The number of nitrogens with zero attached hydrogens (tertiary/aromatic N) is 1. The zero-order valence-corrected chi connectivity index (χ0v) is 9.08. The fourth-order valence-corrected chi connectivity index (χ4v) is 1.56. The van der Waals surface area contributed by atoms with Crippen LogP contribution < -0.4 is 5.73 Å². The minimum atomic E-state index is 0.358. The lowest BCUT2D eigenvalue weighted by atomic mass is 10.1. The topological polar surface area (TPSA) is 52.0 Å². The van der Waals surface area contributed by atoms with Gasteiger partial charge in [0.25, 0.3) is 0 Å². The van der Waals surface area contributed by atoms with E-state index in [4.69, 9.17) is 21.8 Å². The van der Waals surface area contributed by atoms with Crippen molar-refractivity contribution in [3.63, 3.8) is 0 Å². The number of oxazole rings is 1. The van der Waals surface area contributed by atoms with Gasteiger partial charge in [-0.2, -0.15) is 0 Å². The zero-order chi connectivity index (χ0) is 10.8. The van der Waals surface area contributed by atoms with Gasteiger partial charge in [-0.3, -0.25) is 0 Å². The first-order chi connectivity index (χ1) is 7.22. The number of aromatic nitrogens is 1. The Morgan fingerprint density at radius 3 is 2.93 bits per heavy atom. The second-order valence-corrected chi connectivity index (χ2v) is 3.70. The number of halogens is 1. The van der Waals surface area contributed by atoms with E-state index in [-0.39, 0.29) is 0 Å². The van der Waals surface area contributed by atoms with E-state index >= 15 is 0 Å². The van der Waals surface area contributed by atoms with Gasteiger partial charge in [0, 0.05) is 17.1 Å². The molecule has 0 aliphatic rings. The Kier molecular flexibility index (Phi) is 2.75. The summed E-state index contributed by atoms with van der Waals surface area (Å²) in [5.41, 5.74) is 8.23. The minimum absolute atomic E-state index is 0.358. The summed E-state index contributed by atoms with van der Waals surface area (Å²) in [6.45, 7) is 2.31. The summed E-state index contributed by atoms with van der Waals surface area (Å²) >= 11 is 6.03. The molecule has 1 heterocycles. The Bertz CT molecular complexity index is 479. The van der Waals surface area contributed by atoms with Crippen LogP contribution in [0, 0.1) is 6.92 Å². The van der Waals surface area contributed by atoms with Gasteiger partial charge in [-0.15, -0.1) is 0 Å². The van der Waals surface area contributed by atoms with Crippen LogP contribution in [0.15, 0.2) is 29.0 Å². The lowest BCUT2D eigenvalue weighted by Crippen LogP contribution is -1.98. The van der Waals surface area contributed by atoms with Crippen LogP contribution in [0.3, 0.4) is 0 Å². The van der Waals surface area contributed by atoms with Crippen molar-refractivity contribution in [2.24, 2.45) is 5.73 Å². The van der Waals surface area contributed by atoms with E-state index in [2.05, 4.69) is 4.98 Å². The molecule has 0 radical (unpaired) electrons. The molecule has 0 spiro atoms. The predicted octanol–water partition coefficient (Wildman–Crippen LogP) is 2.76. The average molecular weight is 223 g/mol. The van der Waals surface area contributed by atoms with E-state index < -0.39 is 0 Å². The molecule has 2 N–H and O–H groups in total. The summed E-state index contributed by atoms with van der Waals surface area (Å²) in [4.78, 5) is 4.03. The number of benzene rings is 1. The molecule has 2 aromatic rings. The van der Waals surface area contributed by atoms with Crippen LogP contribution in [0.25, 0.3) is 11.3 Å². The summed E-state index contributed by atoms with van der Waals surface area (Å²) in [7, 11) is 0. The largest absolute Gasteiger partial charge is 0.443 e. The van der Waals surface area contributed by atoms with Gasteiger partial charge in [-0.25, -0.2) is 4.98 Å². The maximum Gasteiger partial charge on any atom is 0.181 e. The number of aryl methyl sites for hydroxylation is 1. The van der Waals surface area contributed by atoms with Crippen LogP contribution in [-0.4, -0.2) is 4.98 Å². The Morgan fingerprint density at radius 2 is 2.27 bits per heavy atom. The summed E-state index contributed by atoms with van der Waals surface area (Å²) in [6.07, 6.45) is 1.39. The normalized spacial score (nSPS) is 10.6. The van der Waals surface area contributed by atoms with Gasteiger partial charge >= 0.3 is 0 Å². The monoisotopic (exact) mass is 222 g/mol. The van der Waals surface area contributed by atoms with Gasteiger partial charge in [0.1, 0.15) is 5.69 Å². The van der Waals surface area contributed by atoms with Crippen molar-refractivity contribution < 1.29 is 4.42 Å². The van der Waals surface area contributed by atoms with E-state index in [9.17, 15) is 0 Å². The Balaban J connectivity index is 2.50. The van der Waals surface area contributed by atoms with Gasteiger partial charge in [0.2, 0.25) is 0 Å². The Morgan fingerprint density at radius 1 is 1.47 bits per heavy atom. The molecular formula is C11H11ClN2O. The highest BCUT2D eigenvalue weighted by molar-refractivity contribution is 6.31. The number of nitrogens with two attached hydrogens (primary N) is 1. The smallest absolute Gasteiger partial charge is 0.181 e. The van der Waals surface area contributed by atoms with E-state index in [1.807, 2.05) is 25.1 Å². The molecule has 15 heavy (non-hydrogen) atoms. The molecule has 4 heteroatoms. The highest BCUT2D eigenvalue weighted by Gasteiger charge is 2.09. The highest BCUT2D eigenvalue weighted by atomic mass is 35.5. The number of rotatable bonds is 2. The van der Waals surface area contributed by atoms with Crippen molar-refractivity contribution in [3.8, 4) is 11.3 Å². The van der Waals surface area contributed by atoms with Crippen molar-refractivity contribution in [1.29, 1.82) is 0 Å². The zero-order valence-electron chi connectivity index (χ0n) is 8.33. The standard InChI is InChI=1S/C11H11ClN2O/c1-7-2-3-8(4-9(7)12)11-10(5-13)14-6-15-11/h2-4,6H,5,13H2,1H3. The van der Waals surface area contributed by atoms with Crippen LogP contribution in [0.5, 0.6) is 0 Å². The molecule has 0 bridgehead atoms. The summed E-state index contributed by atoms with van der Waals surface area (Å²) in [5, 5.41) is 0.715. The molecule has 0 amide bonds. The van der Waals surface area contributed by atoms with E-state index in [0.717, 1.165) is 16.8 Å². The van der Waals surface area contributed by atoms with Crippen LogP contribution in [-0.2, 0) is 6.54 Å². The molecule has 0 saturated carbocycles. The maximum atomic E-state index is 6.03. The van der Waals surface area contributed by atoms with Crippen LogP contribution in [0.1, 0.15) is 11.3 Å². The lowest BCUT2D eigenvalue weighted by Gasteiger charge is -2.02. The summed E-state index contributed by atoms with van der Waals surface area (Å²) in [6, 6.07) is 5.75. The Labute approximate surface area is 92.9 Å². The molecule has 0 atom stereocenters. The van der Waals surface area contributed by atoms with Gasteiger partial charge in [-0.05, 0) is 18.6 Å². The summed E-state index contributed by atoms with van der Waals surface area (Å²) in [5.74, 6) is 0.694. The molecular weight excluding hydrogens is 212 g/mol.